The molecule has 1 aromatic rings. The van der Waals surface area contributed by atoms with E-state index in [4.69, 9.17) is 4.74 Å². The van der Waals surface area contributed by atoms with E-state index in [9.17, 15) is 4.79 Å². The van der Waals surface area contributed by atoms with E-state index < -0.39 is 0 Å². The van der Waals surface area contributed by atoms with E-state index in [-0.39, 0.29) is 6.09 Å². The van der Waals surface area contributed by atoms with E-state index in [1.165, 1.54) is 29.8 Å². The van der Waals surface area contributed by atoms with Gasteiger partial charge in [0.15, 0.2) is 0 Å². The molecule has 5 nitrogen and oxygen atoms in total. The Balaban J connectivity index is 1.49. The maximum atomic E-state index is 11.8. The summed E-state index contributed by atoms with van der Waals surface area (Å²) in [5.41, 5.74) is 1.42. The van der Waals surface area contributed by atoms with Gasteiger partial charge in [-0.25, -0.2) is 4.79 Å². The van der Waals surface area contributed by atoms with E-state index in [1.54, 1.807) is 0 Å². The summed E-state index contributed by atoms with van der Waals surface area (Å²) in [6.45, 7) is 11.5. The van der Waals surface area contributed by atoms with Gasteiger partial charge < -0.3 is 9.64 Å². The van der Waals surface area contributed by atoms with Gasteiger partial charge in [-0.3, -0.25) is 9.80 Å². The molecule has 2 saturated heterocycles. The van der Waals surface area contributed by atoms with E-state index >= 15 is 0 Å². The van der Waals surface area contributed by atoms with Gasteiger partial charge in [-0.2, -0.15) is 0 Å². The Morgan fingerprint density at radius 3 is 2.75 bits per heavy atom. The number of hydrogen-bond acceptors (Lipinski definition) is 5. The second-order valence-corrected chi connectivity index (χ2v) is 7.78. The number of piperazine rings is 1. The Bertz CT molecular complexity index is 540. The van der Waals surface area contributed by atoms with Crippen LogP contribution in [0.5, 0.6) is 0 Å². The molecule has 3 heterocycles. The van der Waals surface area contributed by atoms with E-state index in [1.807, 2.05) is 23.2 Å². The molecule has 3 rings (SSSR count). The maximum absolute atomic E-state index is 11.8. The molecule has 1 aromatic heterocycles. The fourth-order valence-electron chi connectivity index (χ4n) is 3.73. The zero-order valence-corrected chi connectivity index (χ0v) is 15.7. The second kappa shape index (κ2) is 8.32. The first-order valence-corrected chi connectivity index (χ1v) is 9.96. The van der Waals surface area contributed by atoms with Crippen molar-refractivity contribution in [3.8, 4) is 0 Å². The molecule has 0 bridgehead atoms. The predicted molar refractivity (Wildman–Crippen MR) is 97.5 cm³/mol. The zero-order chi connectivity index (χ0) is 16.9. The van der Waals surface area contributed by atoms with E-state index in [0.717, 1.165) is 39.3 Å². The first kappa shape index (κ1) is 17.7. The summed E-state index contributed by atoms with van der Waals surface area (Å²) in [6, 6.07) is 2.85. The van der Waals surface area contributed by atoms with Crippen LogP contribution >= 0.6 is 11.3 Å². The standard InChI is InChI=1S/C18H29N3O2S/c1-3-23-18(22)21-10-8-20(9-11-21)16-5-4-7-19(13-16)14-17-15(2)6-12-24-17/h6,12,16H,3-5,7-11,13-14H2,1-2H3/t16-/m0/s1. The third kappa shape index (κ3) is 4.29. The number of aryl methyl sites for hydroxylation is 1. The van der Waals surface area contributed by atoms with Crippen molar-refractivity contribution in [2.45, 2.75) is 39.3 Å². The Labute approximate surface area is 149 Å². The SMILES string of the molecule is CCOC(=O)N1CCN([C@H]2CCCN(Cc3sccc3C)C2)CC1. The van der Waals surface area contributed by atoms with Crippen LogP contribution < -0.4 is 0 Å². The number of carbonyl (C=O) groups excluding carboxylic acids is 1. The maximum Gasteiger partial charge on any atom is 0.409 e. The summed E-state index contributed by atoms with van der Waals surface area (Å²) in [7, 11) is 0. The molecule has 0 aromatic carbocycles. The van der Waals surface area contributed by atoms with Gasteiger partial charge in [-0.05, 0) is 50.2 Å². The van der Waals surface area contributed by atoms with Crippen LogP contribution in [0.3, 0.4) is 0 Å². The minimum absolute atomic E-state index is 0.157. The first-order valence-electron chi connectivity index (χ1n) is 9.08. The summed E-state index contributed by atoms with van der Waals surface area (Å²) >= 11 is 1.87. The Kier molecular flexibility index (Phi) is 6.14. The fraction of sp³-hybridized carbons (Fsp3) is 0.722. The predicted octanol–water partition coefficient (Wildman–Crippen LogP) is 2.80. The molecular formula is C18H29N3O2S. The average Bonchev–Trinajstić information content (AvgIpc) is 3.00. The van der Waals surface area contributed by atoms with E-state index in [0.29, 0.717) is 12.6 Å². The number of piperidine rings is 1. The molecule has 6 heteroatoms. The number of hydrogen-bond donors (Lipinski definition) is 0. The smallest absolute Gasteiger partial charge is 0.409 e. The molecule has 2 aliphatic heterocycles. The minimum atomic E-state index is -0.157. The van der Waals surface area contributed by atoms with Crippen LogP contribution in [0.4, 0.5) is 4.79 Å². The summed E-state index contributed by atoms with van der Waals surface area (Å²) in [6.07, 6.45) is 2.39. The topological polar surface area (TPSA) is 36.0 Å². The highest BCUT2D eigenvalue weighted by Crippen LogP contribution is 2.23. The van der Waals surface area contributed by atoms with Gasteiger partial charge in [-0.1, -0.05) is 0 Å². The third-order valence-corrected chi connectivity index (χ3v) is 6.18. The summed E-state index contributed by atoms with van der Waals surface area (Å²) < 4.78 is 5.11. The van der Waals surface area contributed by atoms with Crippen molar-refractivity contribution in [3.05, 3.63) is 21.9 Å². The molecule has 0 unspecified atom stereocenters. The van der Waals surface area contributed by atoms with Crippen molar-refractivity contribution >= 4 is 17.4 Å². The Morgan fingerprint density at radius 2 is 2.08 bits per heavy atom. The van der Waals surface area contributed by atoms with Crippen molar-refractivity contribution in [1.29, 1.82) is 0 Å². The van der Waals surface area contributed by atoms with Crippen LogP contribution in [0.2, 0.25) is 0 Å². The molecule has 0 aliphatic carbocycles. The molecule has 0 spiro atoms. The molecule has 0 saturated carbocycles. The van der Waals surface area contributed by atoms with Gasteiger partial charge >= 0.3 is 6.09 Å². The Hall–Kier alpha value is -1.11. The van der Waals surface area contributed by atoms with Crippen LogP contribution in [0.25, 0.3) is 0 Å². The lowest BCUT2D eigenvalue weighted by atomic mass is 10.0. The van der Waals surface area contributed by atoms with Crippen molar-refractivity contribution in [2.24, 2.45) is 0 Å². The molecule has 2 aliphatic rings. The number of rotatable bonds is 4. The molecule has 134 valence electrons. The number of likely N-dealkylation sites (tertiary alicyclic amines) is 1. The molecular weight excluding hydrogens is 322 g/mol. The quantitative estimate of drug-likeness (QED) is 0.836. The molecule has 2 fully saturated rings. The second-order valence-electron chi connectivity index (χ2n) is 6.78. The fourth-order valence-corrected chi connectivity index (χ4v) is 4.67. The summed E-state index contributed by atoms with van der Waals surface area (Å²) in [5, 5.41) is 2.20. The van der Waals surface area contributed by atoms with Gasteiger partial charge in [-0.15, -0.1) is 11.3 Å². The Morgan fingerprint density at radius 1 is 1.29 bits per heavy atom. The van der Waals surface area contributed by atoms with Gasteiger partial charge in [0.25, 0.3) is 0 Å². The van der Waals surface area contributed by atoms with E-state index in [2.05, 4.69) is 28.2 Å². The van der Waals surface area contributed by atoms with Crippen molar-refractivity contribution in [3.63, 3.8) is 0 Å². The first-order chi connectivity index (χ1) is 11.7. The van der Waals surface area contributed by atoms with Crippen LogP contribution in [0.15, 0.2) is 11.4 Å². The molecule has 0 radical (unpaired) electrons. The third-order valence-electron chi connectivity index (χ3n) is 5.17. The highest BCUT2D eigenvalue weighted by molar-refractivity contribution is 7.10. The lowest BCUT2D eigenvalue weighted by Gasteiger charge is -2.43. The highest BCUT2D eigenvalue weighted by atomic mass is 32.1. The molecule has 1 atom stereocenters. The molecule has 24 heavy (non-hydrogen) atoms. The molecule has 1 amide bonds. The number of nitrogens with zero attached hydrogens (tertiary/aromatic N) is 3. The number of ether oxygens (including phenoxy) is 1. The van der Waals surface area contributed by atoms with Gasteiger partial charge in [0.2, 0.25) is 0 Å². The number of amides is 1. The normalized spacial score (nSPS) is 23.4. The highest BCUT2D eigenvalue weighted by Gasteiger charge is 2.29. The average molecular weight is 352 g/mol. The monoisotopic (exact) mass is 351 g/mol. The summed E-state index contributed by atoms with van der Waals surface area (Å²) in [4.78, 5) is 20.3. The number of carbonyl (C=O) groups is 1. The molecule has 0 N–H and O–H groups in total. The van der Waals surface area contributed by atoms with Crippen molar-refractivity contribution < 1.29 is 9.53 Å². The van der Waals surface area contributed by atoms with Gasteiger partial charge in [0.1, 0.15) is 0 Å². The van der Waals surface area contributed by atoms with Crippen molar-refractivity contribution in [2.75, 3.05) is 45.9 Å². The zero-order valence-electron chi connectivity index (χ0n) is 14.9. The lowest BCUT2D eigenvalue weighted by molar-refractivity contribution is 0.0414. The van der Waals surface area contributed by atoms with Crippen LogP contribution in [-0.4, -0.2) is 72.7 Å². The summed E-state index contributed by atoms with van der Waals surface area (Å²) in [5.74, 6) is 0. The van der Waals surface area contributed by atoms with Crippen molar-refractivity contribution in [1.82, 2.24) is 14.7 Å². The minimum Gasteiger partial charge on any atom is -0.450 e. The lowest BCUT2D eigenvalue weighted by Crippen LogP contribution is -2.55. The largest absolute Gasteiger partial charge is 0.450 e. The van der Waals surface area contributed by atoms with Gasteiger partial charge in [0, 0.05) is 50.2 Å². The van der Waals surface area contributed by atoms with Crippen LogP contribution in [-0.2, 0) is 11.3 Å². The number of thiophene rings is 1. The van der Waals surface area contributed by atoms with Crippen LogP contribution in [0.1, 0.15) is 30.2 Å². The van der Waals surface area contributed by atoms with Gasteiger partial charge in [0.05, 0.1) is 6.61 Å². The van der Waals surface area contributed by atoms with Crippen LogP contribution in [0, 0.1) is 6.92 Å².